The summed E-state index contributed by atoms with van der Waals surface area (Å²) < 4.78 is 0. The van der Waals surface area contributed by atoms with Crippen LogP contribution in [0.25, 0.3) is 0 Å². The van der Waals surface area contributed by atoms with Gasteiger partial charge in [0.25, 0.3) is 0 Å². The maximum atomic E-state index is 6.92. The summed E-state index contributed by atoms with van der Waals surface area (Å²) in [6.07, 6.45) is 0. The summed E-state index contributed by atoms with van der Waals surface area (Å²) >= 11 is 0. The molecule has 0 saturated heterocycles. The minimum atomic E-state index is 0. The molecule has 0 aliphatic carbocycles. The second-order valence-corrected chi connectivity index (χ2v) is 0. The fraction of sp³-hybridized carbons (Fsp3) is 0. The average molecular weight is 367 g/mol. The van der Waals surface area contributed by atoms with Crippen molar-refractivity contribution in [3.63, 3.8) is 0 Å². The molecule has 0 radical (unpaired) electrons. The number of hydrogen-bond acceptors (Lipinski definition) is 1. The van der Waals surface area contributed by atoms with E-state index >= 15 is 0 Å². The predicted molar refractivity (Wildman–Crippen MR) is 19.9 cm³/mol. The molecular weight excluding hydrogens is 362 g/mol. The fourth-order valence-corrected chi connectivity index (χ4v) is 0. The number of hydrogen-bond donors (Lipinski definition) is 1. The molecule has 0 aromatic carbocycles. The molecule has 0 rings (SSSR count). The monoisotopic (exact) mass is 368 g/mol. The van der Waals surface area contributed by atoms with Crippen molar-refractivity contribution in [2.75, 3.05) is 0 Å². The van der Waals surface area contributed by atoms with Crippen molar-refractivity contribution in [1.29, 1.82) is 0 Å². The molecule has 1 nitrogen and oxygen atoms in total. The maximum absolute atomic E-state index is 6.92. The van der Waals surface area contributed by atoms with E-state index < -0.39 is 0 Å². The molecule has 5 heteroatoms. The summed E-state index contributed by atoms with van der Waals surface area (Å²) in [5.41, 5.74) is 0. The second-order valence-electron chi connectivity index (χ2n) is 0. The quantitative estimate of drug-likeness (QED) is 0.457. The van der Waals surface area contributed by atoms with Crippen LogP contribution in [0.4, 0.5) is 0 Å². The average Bonchev–Trinajstić information content (AvgIpc) is 1.00. The van der Waals surface area contributed by atoms with E-state index in [1.165, 1.54) is 9.47 Å². The van der Waals surface area contributed by atoms with Gasteiger partial charge in [-0.05, 0) is 9.47 Å². The van der Waals surface area contributed by atoms with Crippen LogP contribution in [0.1, 0.15) is 2.85 Å². The molecule has 0 spiro atoms. The first-order valence-electron chi connectivity index (χ1n) is 0.258. The van der Waals surface area contributed by atoms with E-state index in [1.807, 2.05) is 0 Å². The standard InChI is InChI=1S/Ba.Cd.H3OP.Zn.2H/c;;1-2;;;/h;;1H,2H2;;;/q+2;;;;2*-1. The molecule has 0 bridgehead atoms. The van der Waals surface area contributed by atoms with Gasteiger partial charge in [0, 0.05) is 46.8 Å². The number of rotatable bonds is 0. The van der Waals surface area contributed by atoms with Gasteiger partial charge in [0.05, 0.1) is 0 Å². The van der Waals surface area contributed by atoms with E-state index in [4.69, 9.17) is 4.89 Å². The molecule has 1 atom stereocenters. The van der Waals surface area contributed by atoms with Crippen LogP contribution in [0.5, 0.6) is 0 Å². The van der Waals surface area contributed by atoms with Gasteiger partial charge in [-0.1, -0.05) is 0 Å². The summed E-state index contributed by atoms with van der Waals surface area (Å²) in [6, 6.07) is 0. The Labute approximate surface area is 110 Å². The Morgan fingerprint density at radius 1 is 1.40 bits per heavy atom. The van der Waals surface area contributed by atoms with Gasteiger partial charge in [-0.15, -0.1) is 0 Å². The molecule has 0 aromatic rings. The molecule has 0 aliphatic heterocycles. The molecule has 0 heterocycles. The van der Waals surface area contributed by atoms with Crippen LogP contribution in [0.2, 0.25) is 0 Å². The van der Waals surface area contributed by atoms with Crippen LogP contribution in [-0.4, -0.2) is 53.8 Å². The van der Waals surface area contributed by atoms with E-state index in [2.05, 4.69) is 0 Å². The van der Waals surface area contributed by atoms with Crippen molar-refractivity contribution in [3.8, 4) is 0 Å². The van der Waals surface area contributed by atoms with Crippen LogP contribution in [0.3, 0.4) is 0 Å². The van der Waals surface area contributed by atoms with Crippen LogP contribution < -0.4 is 0 Å². The van der Waals surface area contributed by atoms with E-state index in [0.29, 0.717) is 0 Å². The summed E-state index contributed by atoms with van der Waals surface area (Å²) in [5, 5.41) is 0. The third-order valence-electron chi connectivity index (χ3n) is 0. The first-order chi connectivity index (χ1) is 1.00. The SMILES string of the molecule is OP.[Ba+2].[Cd].[H-].[H-].[Zn]. The normalized spacial score (nSPS) is 1.20. The van der Waals surface area contributed by atoms with E-state index in [9.17, 15) is 0 Å². The zero-order valence-corrected chi connectivity index (χ0v) is 15.7. The zero-order chi connectivity index (χ0) is 2.00. The molecule has 22 valence electrons. The van der Waals surface area contributed by atoms with Gasteiger partial charge in [0.1, 0.15) is 0 Å². The van der Waals surface area contributed by atoms with Crippen LogP contribution in [0, 0.1) is 0 Å². The van der Waals surface area contributed by atoms with E-state index in [0.717, 1.165) is 0 Å². The Bertz CT molecular complexity index is 17.7. The molecular formula is H5BaCdOPZn. The molecule has 0 amide bonds. The third-order valence-corrected chi connectivity index (χ3v) is 0. The van der Waals surface area contributed by atoms with Crippen LogP contribution in [-0.2, 0) is 46.8 Å². The van der Waals surface area contributed by atoms with Gasteiger partial charge in [-0.25, -0.2) is 0 Å². The minimum absolute atomic E-state index is 0. The van der Waals surface area contributed by atoms with Crippen molar-refractivity contribution in [3.05, 3.63) is 0 Å². The van der Waals surface area contributed by atoms with Gasteiger partial charge in [-0.3, -0.25) is 0 Å². The molecule has 0 aliphatic rings. The van der Waals surface area contributed by atoms with Crippen molar-refractivity contribution < 1.29 is 54.5 Å². The van der Waals surface area contributed by atoms with Gasteiger partial charge in [0.2, 0.25) is 0 Å². The van der Waals surface area contributed by atoms with Crippen molar-refractivity contribution >= 4 is 58.3 Å². The maximum Gasteiger partial charge on any atom is 2.00 e. The molecule has 1 unspecified atom stereocenters. The first-order valence-corrected chi connectivity index (χ1v) is 0.775. The van der Waals surface area contributed by atoms with Crippen molar-refractivity contribution in [2.45, 2.75) is 0 Å². The topological polar surface area (TPSA) is 20.2 Å². The molecule has 0 saturated carbocycles. The predicted octanol–water partition coefficient (Wildman–Crippen LogP) is -0.392. The molecule has 0 fully saturated rings. The van der Waals surface area contributed by atoms with E-state index in [1.54, 1.807) is 0 Å². The summed E-state index contributed by atoms with van der Waals surface area (Å²) in [5.74, 6) is 0. The Kier molecular flexibility index (Phi) is 122. The third kappa shape index (κ3) is 18.5. The van der Waals surface area contributed by atoms with Crippen LogP contribution >= 0.6 is 9.47 Å². The fourth-order valence-electron chi connectivity index (χ4n) is 0. The minimum Gasteiger partial charge on any atom is -1.00 e. The van der Waals surface area contributed by atoms with Gasteiger partial charge in [0.15, 0.2) is 0 Å². The Morgan fingerprint density at radius 2 is 1.40 bits per heavy atom. The summed E-state index contributed by atoms with van der Waals surface area (Å²) in [4.78, 5) is 6.92. The Balaban J connectivity index is -0.000000000500. The zero-order valence-electron chi connectivity index (χ0n) is 5.15. The Morgan fingerprint density at radius 3 is 1.40 bits per heavy atom. The molecule has 5 heavy (non-hydrogen) atoms. The second kappa shape index (κ2) is 25.8. The van der Waals surface area contributed by atoms with Crippen molar-refractivity contribution in [2.24, 2.45) is 0 Å². The van der Waals surface area contributed by atoms with Crippen molar-refractivity contribution in [1.82, 2.24) is 0 Å². The Hall–Kier alpha value is 3.51. The van der Waals surface area contributed by atoms with Crippen LogP contribution in [0.15, 0.2) is 0 Å². The van der Waals surface area contributed by atoms with Gasteiger partial charge >= 0.3 is 48.9 Å². The molecule has 1 N–H and O–H groups in total. The molecule has 0 aromatic heterocycles. The van der Waals surface area contributed by atoms with E-state index in [-0.39, 0.29) is 98.5 Å². The smallest absolute Gasteiger partial charge is 1.00 e. The van der Waals surface area contributed by atoms with Gasteiger partial charge in [-0.2, -0.15) is 0 Å². The first kappa shape index (κ1) is 23.6. The summed E-state index contributed by atoms with van der Waals surface area (Å²) in [6.45, 7) is 0. The largest absolute Gasteiger partial charge is 2.00 e. The van der Waals surface area contributed by atoms with Gasteiger partial charge < -0.3 is 7.75 Å². The summed E-state index contributed by atoms with van der Waals surface area (Å²) in [7, 11) is 1.42.